The van der Waals surface area contributed by atoms with Crippen molar-refractivity contribution in [3.8, 4) is 0 Å². The standard InChI is InChI=1S/C11H9F4N3/c1-10(11(13,14)15)3-2-6-5-16-8-4-7(12)17-18(8)9(6)10/h4-5H,2-3H2,1H3. The van der Waals surface area contributed by atoms with Crippen LogP contribution in [0.3, 0.4) is 0 Å². The molecule has 7 heteroatoms. The van der Waals surface area contributed by atoms with Crippen LogP contribution in [-0.4, -0.2) is 20.8 Å². The fourth-order valence-corrected chi connectivity index (χ4v) is 2.49. The number of alkyl halides is 3. The van der Waals surface area contributed by atoms with Crippen LogP contribution in [0.15, 0.2) is 12.3 Å². The average Bonchev–Trinajstić information content (AvgIpc) is 2.78. The Morgan fingerprint density at radius 3 is 2.78 bits per heavy atom. The molecule has 0 radical (unpaired) electrons. The highest BCUT2D eigenvalue weighted by atomic mass is 19.4. The van der Waals surface area contributed by atoms with Gasteiger partial charge in [0.1, 0.15) is 5.41 Å². The molecule has 96 valence electrons. The number of aromatic nitrogens is 3. The van der Waals surface area contributed by atoms with Crippen LogP contribution in [-0.2, 0) is 11.8 Å². The van der Waals surface area contributed by atoms with Gasteiger partial charge in [-0.3, -0.25) is 0 Å². The fourth-order valence-electron chi connectivity index (χ4n) is 2.49. The number of fused-ring (bicyclic) bond motifs is 3. The first-order chi connectivity index (χ1) is 8.33. The Labute approximate surface area is 99.4 Å². The quantitative estimate of drug-likeness (QED) is 0.681. The molecule has 1 atom stereocenters. The van der Waals surface area contributed by atoms with Gasteiger partial charge in [-0.15, -0.1) is 5.10 Å². The molecule has 18 heavy (non-hydrogen) atoms. The molecule has 0 bridgehead atoms. The van der Waals surface area contributed by atoms with E-state index in [1.54, 1.807) is 0 Å². The van der Waals surface area contributed by atoms with Crippen LogP contribution in [0.1, 0.15) is 24.6 Å². The highest BCUT2D eigenvalue weighted by Gasteiger charge is 2.57. The van der Waals surface area contributed by atoms with Crippen LogP contribution in [0.5, 0.6) is 0 Å². The van der Waals surface area contributed by atoms with E-state index in [4.69, 9.17) is 0 Å². The van der Waals surface area contributed by atoms with Gasteiger partial charge in [0, 0.05) is 12.3 Å². The number of hydrogen-bond donors (Lipinski definition) is 0. The molecule has 1 aliphatic carbocycles. The minimum atomic E-state index is -4.39. The molecule has 0 saturated heterocycles. The lowest BCUT2D eigenvalue weighted by atomic mass is 9.87. The maximum Gasteiger partial charge on any atom is 0.399 e. The van der Waals surface area contributed by atoms with Crippen molar-refractivity contribution in [3.05, 3.63) is 29.5 Å². The van der Waals surface area contributed by atoms with Crippen LogP contribution in [0.4, 0.5) is 17.6 Å². The summed E-state index contributed by atoms with van der Waals surface area (Å²) in [6, 6.07) is 1.02. The lowest BCUT2D eigenvalue weighted by Crippen LogP contribution is -2.39. The first-order valence-corrected chi connectivity index (χ1v) is 5.43. The van der Waals surface area contributed by atoms with Crippen molar-refractivity contribution in [2.45, 2.75) is 31.4 Å². The molecule has 2 aromatic rings. The molecule has 0 aromatic carbocycles. The summed E-state index contributed by atoms with van der Waals surface area (Å²) < 4.78 is 53.7. The van der Waals surface area contributed by atoms with Crippen LogP contribution in [0.25, 0.3) is 5.65 Å². The molecule has 0 fully saturated rings. The number of hydrogen-bond acceptors (Lipinski definition) is 2. The zero-order chi connectivity index (χ0) is 13.1. The van der Waals surface area contributed by atoms with Gasteiger partial charge in [0.25, 0.3) is 0 Å². The number of nitrogens with zero attached hydrogens (tertiary/aromatic N) is 3. The molecule has 2 heterocycles. The van der Waals surface area contributed by atoms with E-state index in [1.807, 2.05) is 0 Å². The first-order valence-electron chi connectivity index (χ1n) is 5.43. The Hall–Kier alpha value is -1.66. The normalized spacial score (nSPS) is 23.6. The molecule has 0 N–H and O–H groups in total. The number of rotatable bonds is 0. The smallest absolute Gasteiger partial charge is 0.237 e. The first kappa shape index (κ1) is 11.4. The Balaban J connectivity index is 2.35. The lowest BCUT2D eigenvalue weighted by Gasteiger charge is -2.28. The molecule has 1 aliphatic rings. The summed E-state index contributed by atoms with van der Waals surface area (Å²) in [7, 11) is 0. The largest absolute Gasteiger partial charge is 0.399 e. The second-order valence-electron chi connectivity index (χ2n) is 4.70. The van der Waals surface area contributed by atoms with E-state index in [0.29, 0.717) is 5.56 Å². The van der Waals surface area contributed by atoms with E-state index in [0.717, 1.165) is 17.5 Å². The van der Waals surface area contributed by atoms with Crippen LogP contribution in [0.2, 0.25) is 0 Å². The van der Waals surface area contributed by atoms with Crippen molar-refractivity contribution >= 4 is 5.65 Å². The summed E-state index contributed by atoms with van der Waals surface area (Å²) >= 11 is 0. The third-order valence-corrected chi connectivity index (χ3v) is 3.57. The highest BCUT2D eigenvalue weighted by molar-refractivity contribution is 5.45. The highest BCUT2D eigenvalue weighted by Crippen LogP contribution is 2.49. The monoisotopic (exact) mass is 259 g/mol. The minimum Gasteiger partial charge on any atom is -0.237 e. The Morgan fingerprint density at radius 2 is 2.11 bits per heavy atom. The molecule has 0 aliphatic heterocycles. The summed E-state index contributed by atoms with van der Waals surface area (Å²) in [5.41, 5.74) is -1.42. The predicted octanol–water partition coefficient (Wildman–Crippen LogP) is 2.63. The van der Waals surface area contributed by atoms with E-state index >= 15 is 0 Å². The van der Waals surface area contributed by atoms with Crippen molar-refractivity contribution in [3.63, 3.8) is 0 Å². The zero-order valence-corrected chi connectivity index (χ0v) is 9.42. The van der Waals surface area contributed by atoms with Gasteiger partial charge in [0.2, 0.25) is 5.95 Å². The van der Waals surface area contributed by atoms with E-state index in [9.17, 15) is 17.6 Å². The molecule has 0 spiro atoms. The van der Waals surface area contributed by atoms with E-state index in [2.05, 4.69) is 10.1 Å². The molecular weight excluding hydrogens is 250 g/mol. The average molecular weight is 259 g/mol. The van der Waals surface area contributed by atoms with Crippen LogP contribution >= 0.6 is 0 Å². The van der Waals surface area contributed by atoms with E-state index in [-0.39, 0.29) is 24.2 Å². The molecular formula is C11H9F4N3. The van der Waals surface area contributed by atoms with Gasteiger partial charge in [0.15, 0.2) is 5.65 Å². The third kappa shape index (κ3) is 1.30. The van der Waals surface area contributed by atoms with Crippen molar-refractivity contribution in [1.29, 1.82) is 0 Å². The second-order valence-corrected chi connectivity index (χ2v) is 4.70. The number of aryl methyl sites for hydroxylation is 1. The van der Waals surface area contributed by atoms with Crippen LogP contribution in [0, 0.1) is 5.95 Å². The molecule has 0 amide bonds. The Morgan fingerprint density at radius 1 is 1.39 bits per heavy atom. The van der Waals surface area contributed by atoms with Crippen LogP contribution < -0.4 is 0 Å². The topological polar surface area (TPSA) is 30.2 Å². The van der Waals surface area contributed by atoms with E-state index in [1.165, 1.54) is 6.20 Å². The molecule has 3 nitrogen and oxygen atoms in total. The molecule has 1 unspecified atom stereocenters. The van der Waals surface area contributed by atoms with Gasteiger partial charge in [0.05, 0.1) is 5.69 Å². The lowest BCUT2D eigenvalue weighted by molar-refractivity contribution is -0.186. The summed E-state index contributed by atoms with van der Waals surface area (Å²) in [6.45, 7) is 1.12. The predicted molar refractivity (Wildman–Crippen MR) is 54.7 cm³/mol. The Bertz CT molecular complexity index is 631. The van der Waals surface area contributed by atoms with Gasteiger partial charge in [-0.05, 0) is 25.3 Å². The molecule has 2 aromatic heterocycles. The summed E-state index contributed by atoms with van der Waals surface area (Å²) in [4.78, 5) is 3.91. The molecule has 0 saturated carbocycles. The van der Waals surface area contributed by atoms with Crippen molar-refractivity contribution in [1.82, 2.24) is 14.6 Å². The van der Waals surface area contributed by atoms with Gasteiger partial charge in [-0.1, -0.05) is 0 Å². The third-order valence-electron chi connectivity index (χ3n) is 3.57. The summed E-state index contributed by atoms with van der Waals surface area (Å²) in [5.74, 6) is -0.827. The maximum atomic E-state index is 13.2. The summed E-state index contributed by atoms with van der Waals surface area (Å²) in [5, 5.41) is 3.48. The molecule has 3 rings (SSSR count). The van der Waals surface area contributed by atoms with Gasteiger partial charge >= 0.3 is 6.18 Å². The summed E-state index contributed by atoms with van der Waals surface area (Å²) in [6.07, 6.45) is -2.80. The van der Waals surface area contributed by atoms with Crippen molar-refractivity contribution < 1.29 is 17.6 Å². The van der Waals surface area contributed by atoms with Gasteiger partial charge in [-0.2, -0.15) is 17.6 Å². The SMILES string of the molecule is CC1(C(F)(F)F)CCc2cnc3cc(F)nn3c21. The van der Waals surface area contributed by atoms with Gasteiger partial charge in [-0.25, -0.2) is 9.50 Å². The van der Waals surface area contributed by atoms with Crippen molar-refractivity contribution in [2.75, 3.05) is 0 Å². The minimum absolute atomic E-state index is 0.00361. The Kier molecular flexibility index (Phi) is 2.04. The second kappa shape index (κ2) is 3.21. The van der Waals surface area contributed by atoms with Gasteiger partial charge < -0.3 is 0 Å². The fraction of sp³-hybridized carbons (Fsp3) is 0.455. The van der Waals surface area contributed by atoms with Crippen molar-refractivity contribution in [2.24, 2.45) is 0 Å². The van der Waals surface area contributed by atoms with E-state index < -0.39 is 17.5 Å². The number of halogens is 4. The zero-order valence-electron chi connectivity index (χ0n) is 9.42. The maximum absolute atomic E-state index is 13.2.